The molecule has 0 spiro atoms. The third-order valence-corrected chi connectivity index (χ3v) is 4.62. The highest BCUT2D eigenvalue weighted by atomic mass is 32.2. The van der Waals surface area contributed by atoms with Gasteiger partial charge in [0.05, 0.1) is 12.2 Å². The average molecular weight is 322 g/mol. The van der Waals surface area contributed by atoms with E-state index in [1.807, 2.05) is 4.90 Å². The number of carboxylic acid groups (broad SMARTS) is 1. The highest BCUT2D eigenvalue weighted by Gasteiger charge is 2.21. The Labute approximate surface area is 124 Å². The summed E-state index contributed by atoms with van der Waals surface area (Å²) in [5.74, 6) is -0.991. The van der Waals surface area contributed by atoms with Crippen molar-refractivity contribution in [3.8, 4) is 0 Å². The van der Waals surface area contributed by atoms with E-state index in [-0.39, 0.29) is 24.7 Å². The van der Waals surface area contributed by atoms with Crippen LogP contribution in [0.2, 0.25) is 0 Å². The molecule has 0 aromatic heterocycles. The van der Waals surface area contributed by atoms with Gasteiger partial charge < -0.3 is 15.3 Å². The maximum Gasteiger partial charge on any atom is 0.317 e. The van der Waals surface area contributed by atoms with E-state index in [0.29, 0.717) is 32.7 Å². The summed E-state index contributed by atoms with van der Waals surface area (Å²) in [6, 6.07) is -0.292. The summed E-state index contributed by atoms with van der Waals surface area (Å²) in [5.41, 5.74) is 0. The minimum Gasteiger partial charge on any atom is -0.481 e. The summed E-state index contributed by atoms with van der Waals surface area (Å²) in [6.45, 7) is 2.78. The molecule has 1 heterocycles. The van der Waals surface area contributed by atoms with Gasteiger partial charge in [-0.3, -0.25) is 9.69 Å². The number of rotatable bonds is 7. The van der Waals surface area contributed by atoms with Gasteiger partial charge >= 0.3 is 12.0 Å². The smallest absolute Gasteiger partial charge is 0.317 e. The Bertz CT molecular complexity index is 459. The van der Waals surface area contributed by atoms with E-state index >= 15 is 0 Å². The fraction of sp³-hybridized carbons (Fsp3) is 0.818. The van der Waals surface area contributed by atoms with Gasteiger partial charge in [-0.15, -0.1) is 0 Å². The number of nitrogens with zero attached hydrogens (tertiary/aromatic N) is 2. The van der Waals surface area contributed by atoms with Crippen LogP contribution in [0.1, 0.15) is 6.42 Å². The number of carbonyl (C=O) groups is 2. The first kappa shape index (κ1) is 17.7. The van der Waals surface area contributed by atoms with Gasteiger partial charge in [-0.1, -0.05) is 0 Å². The van der Waals surface area contributed by atoms with Gasteiger partial charge in [0.2, 0.25) is 10.0 Å². The van der Waals surface area contributed by atoms with Crippen LogP contribution >= 0.6 is 0 Å². The quantitative estimate of drug-likeness (QED) is 0.516. The van der Waals surface area contributed by atoms with Gasteiger partial charge in [0.1, 0.15) is 0 Å². The molecule has 0 bridgehead atoms. The molecule has 0 aromatic carbocycles. The largest absolute Gasteiger partial charge is 0.481 e. The van der Waals surface area contributed by atoms with Crippen molar-refractivity contribution in [1.82, 2.24) is 19.8 Å². The molecule has 1 aliphatic rings. The Morgan fingerprint density at radius 1 is 1.19 bits per heavy atom. The summed E-state index contributed by atoms with van der Waals surface area (Å²) < 4.78 is 24.6. The van der Waals surface area contributed by atoms with Crippen LogP contribution < -0.4 is 10.0 Å². The van der Waals surface area contributed by atoms with Crippen LogP contribution in [0.5, 0.6) is 0 Å². The first-order valence-corrected chi connectivity index (χ1v) is 8.37. The van der Waals surface area contributed by atoms with E-state index in [9.17, 15) is 18.0 Å². The second kappa shape index (κ2) is 8.15. The highest BCUT2D eigenvalue weighted by molar-refractivity contribution is 7.89. The Balaban J connectivity index is 2.24. The topological polar surface area (TPSA) is 119 Å². The van der Waals surface area contributed by atoms with Crippen molar-refractivity contribution in [3.05, 3.63) is 0 Å². The molecule has 0 aromatic rings. The van der Waals surface area contributed by atoms with Gasteiger partial charge in [-0.25, -0.2) is 17.9 Å². The molecular formula is C11H22N4O5S. The summed E-state index contributed by atoms with van der Waals surface area (Å²) in [5, 5.41) is 11.2. The normalized spacial score (nSPS) is 16.7. The Kier molecular flexibility index (Phi) is 6.85. The number of urea groups is 1. The summed E-state index contributed by atoms with van der Waals surface area (Å²) in [7, 11) is -1.99. The van der Waals surface area contributed by atoms with E-state index in [0.717, 1.165) is 0 Å². The fourth-order valence-corrected chi connectivity index (χ4v) is 2.51. The van der Waals surface area contributed by atoms with Crippen LogP contribution in [-0.2, 0) is 14.8 Å². The Morgan fingerprint density at radius 3 is 2.33 bits per heavy atom. The first-order chi connectivity index (χ1) is 9.84. The first-order valence-electron chi connectivity index (χ1n) is 6.72. The molecule has 1 saturated heterocycles. The Hall–Kier alpha value is -1.39. The van der Waals surface area contributed by atoms with Crippen LogP contribution in [0.3, 0.4) is 0 Å². The van der Waals surface area contributed by atoms with Crippen molar-refractivity contribution in [1.29, 1.82) is 0 Å². The molecule has 0 atom stereocenters. The van der Waals surface area contributed by atoms with Gasteiger partial charge in [0, 0.05) is 39.3 Å². The summed E-state index contributed by atoms with van der Waals surface area (Å²) in [4.78, 5) is 25.9. The molecule has 10 heteroatoms. The van der Waals surface area contributed by atoms with Crippen LogP contribution in [0.4, 0.5) is 4.79 Å². The van der Waals surface area contributed by atoms with E-state index in [4.69, 9.17) is 5.11 Å². The van der Waals surface area contributed by atoms with Crippen LogP contribution in [0.25, 0.3) is 0 Å². The average Bonchev–Trinajstić information content (AvgIpc) is 2.45. The second-order valence-electron chi connectivity index (χ2n) is 4.73. The van der Waals surface area contributed by atoms with Gasteiger partial charge in [0.25, 0.3) is 0 Å². The number of carboxylic acids is 1. The minimum atomic E-state index is -3.32. The lowest BCUT2D eigenvalue weighted by Gasteiger charge is -2.34. The second-order valence-corrected chi connectivity index (χ2v) is 6.77. The predicted molar refractivity (Wildman–Crippen MR) is 76.5 cm³/mol. The molecule has 0 aliphatic carbocycles. The SMILES string of the molecule is CNS(=O)(=O)CCNC(=O)N1CCN(CCC(=O)O)CC1. The number of hydrogen-bond acceptors (Lipinski definition) is 5. The summed E-state index contributed by atoms with van der Waals surface area (Å²) >= 11 is 0. The maximum absolute atomic E-state index is 11.8. The summed E-state index contributed by atoms with van der Waals surface area (Å²) in [6.07, 6.45) is 0.0913. The molecular weight excluding hydrogens is 300 g/mol. The molecule has 0 saturated carbocycles. The number of nitrogens with one attached hydrogen (secondary N) is 2. The maximum atomic E-state index is 11.8. The molecule has 1 rings (SSSR count). The number of carbonyl (C=O) groups excluding carboxylic acids is 1. The fourth-order valence-electron chi connectivity index (χ4n) is 1.93. The van der Waals surface area contributed by atoms with E-state index in [1.165, 1.54) is 7.05 Å². The highest BCUT2D eigenvalue weighted by Crippen LogP contribution is 2.02. The molecule has 0 unspecified atom stereocenters. The van der Waals surface area contributed by atoms with Crippen LogP contribution in [0.15, 0.2) is 0 Å². The van der Waals surface area contributed by atoms with Crippen molar-refractivity contribution in [3.63, 3.8) is 0 Å². The molecule has 9 nitrogen and oxygen atoms in total. The van der Waals surface area contributed by atoms with Gasteiger partial charge in [-0.2, -0.15) is 0 Å². The van der Waals surface area contributed by atoms with Crippen molar-refractivity contribution in [2.75, 3.05) is 52.1 Å². The number of sulfonamides is 1. The lowest BCUT2D eigenvalue weighted by atomic mass is 10.3. The molecule has 1 aliphatic heterocycles. The van der Waals surface area contributed by atoms with Gasteiger partial charge in [-0.05, 0) is 7.05 Å². The third-order valence-electron chi connectivity index (χ3n) is 3.26. The lowest BCUT2D eigenvalue weighted by Crippen LogP contribution is -2.52. The minimum absolute atomic E-state index is 0.0568. The van der Waals surface area contributed by atoms with Gasteiger partial charge in [0.15, 0.2) is 0 Å². The zero-order chi connectivity index (χ0) is 15.9. The molecule has 122 valence electrons. The Morgan fingerprint density at radius 2 is 1.81 bits per heavy atom. The standard InChI is InChI=1S/C11H22N4O5S/c1-12-21(19,20)9-3-13-11(18)15-7-5-14(6-8-15)4-2-10(16)17/h12H,2-9H2,1H3,(H,13,18)(H,16,17). The lowest BCUT2D eigenvalue weighted by molar-refractivity contribution is -0.137. The number of amides is 2. The number of hydrogen-bond donors (Lipinski definition) is 3. The van der Waals surface area contributed by atoms with Crippen molar-refractivity contribution < 1.29 is 23.1 Å². The number of aliphatic carboxylic acids is 1. The van der Waals surface area contributed by atoms with Crippen LogP contribution in [0, 0.1) is 0 Å². The molecule has 0 radical (unpaired) electrons. The van der Waals surface area contributed by atoms with Crippen molar-refractivity contribution in [2.24, 2.45) is 0 Å². The molecule has 2 amide bonds. The molecule has 1 fully saturated rings. The van der Waals surface area contributed by atoms with E-state index < -0.39 is 16.0 Å². The molecule has 3 N–H and O–H groups in total. The van der Waals surface area contributed by atoms with E-state index in [1.54, 1.807) is 4.90 Å². The van der Waals surface area contributed by atoms with Crippen LogP contribution in [-0.4, -0.2) is 87.4 Å². The van der Waals surface area contributed by atoms with Crippen molar-refractivity contribution >= 4 is 22.0 Å². The predicted octanol–water partition coefficient (Wildman–Crippen LogP) is -1.66. The number of piperazine rings is 1. The monoisotopic (exact) mass is 322 g/mol. The zero-order valence-electron chi connectivity index (χ0n) is 12.0. The zero-order valence-corrected chi connectivity index (χ0v) is 12.9. The molecule has 21 heavy (non-hydrogen) atoms. The third kappa shape index (κ3) is 6.74. The van der Waals surface area contributed by atoms with E-state index in [2.05, 4.69) is 10.0 Å². The van der Waals surface area contributed by atoms with Crippen molar-refractivity contribution in [2.45, 2.75) is 6.42 Å².